The van der Waals surface area contributed by atoms with Crippen LogP contribution >= 0.6 is 0 Å². The molecular weight excluding hydrogens is 306 g/mol. The van der Waals surface area contributed by atoms with E-state index in [0.29, 0.717) is 5.92 Å². The van der Waals surface area contributed by atoms with E-state index in [2.05, 4.69) is 42.8 Å². The predicted molar refractivity (Wildman–Crippen MR) is 104 cm³/mol. The summed E-state index contributed by atoms with van der Waals surface area (Å²) in [6, 6.07) is 20.1. The molecule has 0 unspecified atom stereocenters. The SMILES string of the molecule is CCC(CC)COc1ccc(C#Cc2ccc3ccccc3n2)cc1. The van der Waals surface area contributed by atoms with Gasteiger partial charge in [-0.15, -0.1) is 0 Å². The molecule has 25 heavy (non-hydrogen) atoms. The lowest BCUT2D eigenvalue weighted by Crippen LogP contribution is -2.09. The summed E-state index contributed by atoms with van der Waals surface area (Å²) in [7, 11) is 0. The van der Waals surface area contributed by atoms with E-state index in [1.807, 2.05) is 48.5 Å². The quantitative estimate of drug-likeness (QED) is 0.581. The molecule has 0 aliphatic carbocycles. The Bertz CT molecular complexity index is 883. The van der Waals surface area contributed by atoms with E-state index in [9.17, 15) is 0 Å². The van der Waals surface area contributed by atoms with Gasteiger partial charge in [-0.2, -0.15) is 0 Å². The van der Waals surface area contributed by atoms with E-state index in [1.165, 1.54) is 0 Å². The van der Waals surface area contributed by atoms with E-state index in [4.69, 9.17) is 4.74 Å². The summed E-state index contributed by atoms with van der Waals surface area (Å²) in [5, 5.41) is 1.13. The fourth-order valence-corrected chi connectivity index (χ4v) is 2.64. The standard InChI is InChI=1S/C23H23NO/c1-3-18(4-2)17-25-22-15-10-19(11-16-22)9-13-21-14-12-20-7-5-6-8-23(20)24-21/h5-8,10-12,14-16,18H,3-4,17H2,1-2H3. The smallest absolute Gasteiger partial charge is 0.119 e. The molecular formula is C23H23NO. The molecule has 0 radical (unpaired) electrons. The highest BCUT2D eigenvalue weighted by Gasteiger charge is 2.04. The van der Waals surface area contributed by atoms with E-state index in [-0.39, 0.29) is 0 Å². The second-order valence-electron chi connectivity index (χ2n) is 6.16. The van der Waals surface area contributed by atoms with Crippen molar-refractivity contribution < 1.29 is 4.74 Å². The minimum atomic E-state index is 0.624. The number of rotatable bonds is 5. The maximum atomic E-state index is 5.86. The van der Waals surface area contributed by atoms with E-state index in [1.54, 1.807) is 0 Å². The molecule has 1 aromatic heterocycles. The zero-order valence-electron chi connectivity index (χ0n) is 14.8. The van der Waals surface area contributed by atoms with E-state index >= 15 is 0 Å². The van der Waals surface area contributed by atoms with Crippen molar-refractivity contribution in [2.24, 2.45) is 5.92 Å². The fraction of sp³-hybridized carbons (Fsp3) is 0.261. The Labute approximate surface area is 149 Å². The minimum Gasteiger partial charge on any atom is -0.493 e. The number of ether oxygens (including phenoxy) is 1. The normalized spacial score (nSPS) is 10.5. The number of hydrogen-bond acceptors (Lipinski definition) is 2. The molecule has 2 aromatic carbocycles. The molecule has 126 valence electrons. The highest BCUT2D eigenvalue weighted by molar-refractivity contribution is 5.78. The summed E-state index contributed by atoms with van der Waals surface area (Å²) < 4.78 is 5.86. The average Bonchev–Trinajstić information content (AvgIpc) is 2.68. The van der Waals surface area contributed by atoms with Crippen LogP contribution < -0.4 is 4.74 Å². The lowest BCUT2D eigenvalue weighted by molar-refractivity contribution is 0.240. The minimum absolute atomic E-state index is 0.624. The largest absolute Gasteiger partial charge is 0.493 e. The van der Waals surface area contributed by atoms with Crippen molar-refractivity contribution in [2.75, 3.05) is 6.61 Å². The topological polar surface area (TPSA) is 22.1 Å². The first kappa shape index (κ1) is 17.0. The van der Waals surface area contributed by atoms with Gasteiger partial charge in [0, 0.05) is 10.9 Å². The van der Waals surface area contributed by atoms with Crippen molar-refractivity contribution in [2.45, 2.75) is 26.7 Å². The van der Waals surface area contributed by atoms with Gasteiger partial charge in [0.2, 0.25) is 0 Å². The lowest BCUT2D eigenvalue weighted by Gasteiger charge is -2.13. The molecule has 0 atom stereocenters. The summed E-state index contributed by atoms with van der Waals surface area (Å²) in [6.07, 6.45) is 2.30. The Balaban J connectivity index is 1.67. The second kappa shape index (κ2) is 8.35. The number of benzene rings is 2. The zero-order chi connectivity index (χ0) is 17.5. The molecule has 0 aliphatic heterocycles. The number of para-hydroxylation sites is 1. The van der Waals surface area contributed by atoms with E-state index < -0.39 is 0 Å². The molecule has 0 saturated heterocycles. The van der Waals surface area contributed by atoms with Crippen LogP contribution in [0.2, 0.25) is 0 Å². The Kier molecular flexibility index (Phi) is 5.69. The molecule has 2 heteroatoms. The molecule has 0 amide bonds. The van der Waals surface area contributed by atoms with Gasteiger partial charge in [0.1, 0.15) is 11.4 Å². The van der Waals surface area contributed by atoms with Crippen LogP contribution in [0.1, 0.15) is 37.9 Å². The molecule has 0 fully saturated rings. The molecule has 0 spiro atoms. The van der Waals surface area contributed by atoms with Gasteiger partial charge in [-0.25, -0.2) is 4.98 Å². The maximum absolute atomic E-state index is 5.86. The van der Waals surface area contributed by atoms with Crippen molar-refractivity contribution >= 4 is 10.9 Å². The average molecular weight is 329 g/mol. The number of fused-ring (bicyclic) bond motifs is 1. The van der Waals surface area contributed by atoms with Crippen LogP contribution in [0.4, 0.5) is 0 Å². The van der Waals surface area contributed by atoms with E-state index in [0.717, 1.165) is 47.4 Å². The highest BCUT2D eigenvalue weighted by atomic mass is 16.5. The molecule has 0 saturated carbocycles. The van der Waals surface area contributed by atoms with Crippen LogP contribution in [0.5, 0.6) is 5.75 Å². The van der Waals surface area contributed by atoms with Crippen LogP contribution in [-0.2, 0) is 0 Å². The molecule has 2 nitrogen and oxygen atoms in total. The maximum Gasteiger partial charge on any atom is 0.119 e. The van der Waals surface area contributed by atoms with Crippen LogP contribution in [-0.4, -0.2) is 11.6 Å². The van der Waals surface area contributed by atoms with Gasteiger partial charge in [0.05, 0.1) is 12.1 Å². The van der Waals surface area contributed by atoms with Crippen LogP contribution in [0.25, 0.3) is 10.9 Å². The number of hydrogen-bond donors (Lipinski definition) is 0. The van der Waals surface area contributed by atoms with Crippen LogP contribution in [0, 0.1) is 17.8 Å². The Hall–Kier alpha value is -2.79. The van der Waals surface area contributed by atoms with Crippen molar-refractivity contribution in [3.8, 4) is 17.6 Å². The molecule has 3 aromatic rings. The third kappa shape index (κ3) is 4.61. The summed E-state index contributed by atoms with van der Waals surface area (Å²) in [6.45, 7) is 5.19. The van der Waals surface area contributed by atoms with Gasteiger partial charge in [0.25, 0.3) is 0 Å². The van der Waals surface area contributed by atoms with Crippen LogP contribution in [0.3, 0.4) is 0 Å². The van der Waals surface area contributed by atoms with Crippen molar-refractivity contribution in [3.63, 3.8) is 0 Å². The lowest BCUT2D eigenvalue weighted by atomic mass is 10.1. The highest BCUT2D eigenvalue weighted by Crippen LogP contribution is 2.15. The monoisotopic (exact) mass is 329 g/mol. The zero-order valence-corrected chi connectivity index (χ0v) is 14.8. The Morgan fingerprint density at radius 1 is 0.880 bits per heavy atom. The number of pyridine rings is 1. The molecule has 0 aliphatic rings. The van der Waals surface area contributed by atoms with Crippen molar-refractivity contribution in [3.05, 3.63) is 71.9 Å². The first-order chi connectivity index (χ1) is 12.3. The van der Waals surface area contributed by atoms with Gasteiger partial charge >= 0.3 is 0 Å². The fourth-order valence-electron chi connectivity index (χ4n) is 2.64. The third-order valence-corrected chi connectivity index (χ3v) is 4.43. The van der Waals surface area contributed by atoms with Crippen molar-refractivity contribution in [1.82, 2.24) is 4.98 Å². The third-order valence-electron chi connectivity index (χ3n) is 4.43. The predicted octanol–water partition coefficient (Wildman–Crippen LogP) is 5.45. The molecule has 1 heterocycles. The molecule has 3 rings (SSSR count). The summed E-state index contributed by atoms with van der Waals surface area (Å²) in [4.78, 5) is 4.58. The second-order valence-corrected chi connectivity index (χ2v) is 6.16. The summed E-state index contributed by atoms with van der Waals surface area (Å²) in [5.41, 5.74) is 2.72. The Morgan fingerprint density at radius 2 is 1.64 bits per heavy atom. The van der Waals surface area contributed by atoms with Gasteiger partial charge in [0.15, 0.2) is 0 Å². The van der Waals surface area contributed by atoms with Gasteiger partial charge in [-0.05, 0) is 48.2 Å². The number of nitrogens with zero attached hydrogens (tertiary/aromatic N) is 1. The van der Waals surface area contributed by atoms with Crippen LogP contribution in [0.15, 0.2) is 60.7 Å². The summed E-state index contributed by atoms with van der Waals surface area (Å²) >= 11 is 0. The first-order valence-corrected chi connectivity index (χ1v) is 8.89. The van der Waals surface area contributed by atoms with Crippen molar-refractivity contribution in [1.29, 1.82) is 0 Å². The van der Waals surface area contributed by atoms with Gasteiger partial charge in [-0.3, -0.25) is 0 Å². The first-order valence-electron chi connectivity index (χ1n) is 8.89. The summed E-state index contributed by atoms with van der Waals surface area (Å²) in [5.74, 6) is 7.84. The number of aromatic nitrogens is 1. The van der Waals surface area contributed by atoms with Gasteiger partial charge < -0.3 is 4.74 Å². The van der Waals surface area contributed by atoms with Gasteiger partial charge in [-0.1, -0.05) is 56.9 Å². The molecule has 0 N–H and O–H groups in total. The Morgan fingerprint density at radius 3 is 2.40 bits per heavy atom. The molecule has 0 bridgehead atoms.